The number of nitrogens with two attached hydrogens (primary N) is 1. The summed E-state index contributed by atoms with van der Waals surface area (Å²) in [6.45, 7) is 4.83. The summed E-state index contributed by atoms with van der Waals surface area (Å²) >= 11 is 0. The lowest BCUT2D eigenvalue weighted by Gasteiger charge is -2.33. The molecule has 11 heavy (non-hydrogen) atoms. The van der Waals surface area contributed by atoms with Gasteiger partial charge >= 0.3 is 0 Å². The summed E-state index contributed by atoms with van der Waals surface area (Å²) < 4.78 is 13.4. The van der Waals surface area contributed by atoms with Crippen LogP contribution in [0.25, 0.3) is 0 Å². The third-order valence-electron chi connectivity index (χ3n) is 2.36. The Bertz CT molecular complexity index is 131. The predicted molar refractivity (Wildman–Crippen MR) is 44.1 cm³/mol. The summed E-state index contributed by atoms with van der Waals surface area (Å²) in [5.41, 5.74) is 4.60. The number of hydrogen-bond donors (Lipinski definition) is 2. The van der Waals surface area contributed by atoms with E-state index in [1.165, 1.54) is 0 Å². The van der Waals surface area contributed by atoms with Gasteiger partial charge in [-0.2, -0.15) is 0 Å². The van der Waals surface area contributed by atoms with Gasteiger partial charge < -0.3 is 11.1 Å². The molecule has 1 heterocycles. The normalized spacial score (nSPS) is 33.8. The molecule has 0 aromatic heterocycles. The molecule has 1 fully saturated rings. The molecule has 3 N–H and O–H groups in total. The molecule has 3 heteroatoms. The Labute approximate surface area is 67.3 Å². The monoisotopic (exact) mass is 160 g/mol. The van der Waals surface area contributed by atoms with E-state index in [4.69, 9.17) is 5.73 Å². The Kier molecular flexibility index (Phi) is 2.50. The predicted octanol–water partition coefficient (Wildman–Crippen LogP) is 0.671. The number of hydrogen-bond acceptors (Lipinski definition) is 2. The zero-order chi connectivity index (χ0) is 8.48. The first-order valence-corrected chi connectivity index (χ1v) is 4.15. The fourth-order valence-corrected chi connectivity index (χ4v) is 1.50. The lowest BCUT2D eigenvalue weighted by atomic mass is 9.85. The number of rotatable bonds is 1. The Morgan fingerprint density at radius 2 is 2.09 bits per heavy atom. The van der Waals surface area contributed by atoms with E-state index in [1.54, 1.807) is 13.8 Å². The van der Waals surface area contributed by atoms with Gasteiger partial charge in [-0.25, -0.2) is 4.39 Å². The molecule has 0 bridgehead atoms. The SMILES string of the molecule is CC(C)(F)C1CNCC(N)C1. The largest absolute Gasteiger partial charge is 0.327 e. The number of piperidine rings is 1. The van der Waals surface area contributed by atoms with Gasteiger partial charge in [-0.05, 0) is 20.3 Å². The molecule has 0 spiro atoms. The van der Waals surface area contributed by atoms with E-state index in [9.17, 15) is 4.39 Å². The van der Waals surface area contributed by atoms with Crippen molar-refractivity contribution in [2.45, 2.75) is 32.0 Å². The van der Waals surface area contributed by atoms with Crippen LogP contribution in [0.1, 0.15) is 20.3 Å². The average Bonchev–Trinajstić information content (AvgIpc) is 1.86. The van der Waals surface area contributed by atoms with E-state index < -0.39 is 5.67 Å². The van der Waals surface area contributed by atoms with Gasteiger partial charge in [-0.1, -0.05) is 0 Å². The van der Waals surface area contributed by atoms with Crippen molar-refractivity contribution in [1.29, 1.82) is 0 Å². The van der Waals surface area contributed by atoms with Crippen molar-refractivity contribution in [2.24, 2.45) is 11.7 Å². The molecule has 0 aromatic carbocycles. The molecule has 1 saturated heterocycles. The first kappa shape index (κ1) is 8.94. The fourth-order valence-electron chi connectivity index (χ4n) is 1.50. The molecule has 1 aliphatic heterocycles. The van der Waals surface area contributed by atoms with Crippen LogP contribution in [0.3, 0.4) is 0 Å². The van der Waals surface area contributed by atoms with E-state index in [0.717, 1.165) is 19.5 Å². The summed E-state index contributed by atoms with van der Waals surface area (Å²) in [6.07, 6.45) is 0.802. The van der Waals surface area contributed by atoms with Crippen LogP contribution in [-0.4, -0.2) is 24.8 Å². The highest BCUT2D eigenvalue weighted by Gasteiger charge is 2.32. The number of halogens is 1. The Morgan fingerprint density at radius 1 is 1.45 bits per heavy atom. The van der Waals surface area contributed by atoms with Gasteiger partial charge in [0.05, 0.1) is 0 Å². The van der Waals surface area contributed by atoms with Crippen molar-refractivity contribution in [3.05, 3.63) is 0 Å². The van der Waals surface area contributed by atoms with Crippen LogP contribution in [0.5, 0.6) is 0 Å². The minimum absolute atomic E-state index is 0.0752. The molecular weight excluding hydrogens is 143 g/mol. The molecule has 1 aliphatic rings. The van der Waals surface area contributed by atoms with Crippen molar-refractivity contribution in [3.63, 3.8) is 0 Å². The van der Waals surface area contributed by atoms with Gasteiger partial charge in [0.2, 0.25) is 0 Å². The maximum absolute atomic E-state index is 13.4. The average molecular weight is 160 g/mol. The molecule has 0 radical (unpaired) electrons. The maximum Gasteiger partial charge on any atom is 0.109 e. The fraction of sp³-hybridized carbons (Fsp3) is 1.00. The van der Waals surface area contributed by atoms with Crippen molar-refractivity contribution in [1.82, 2.24) is 5.32 Å². The van der Waals surface area contributed by atoms with Gasteiger partial charge in [0.15, 0.2) is 0 Å². The summed E-state index contributed by atoms with van der Waals surface area (Å²) in [6, 6.07) is 0.128. The second kappa shape index (κ2) is 3.07. The van der Waals surface area contributed by atoms with Crippen molar-refractivity contribution >= 4 is 0 Å². The Balaban J connectivity index is 2.46. The van der Waals surface area contributed by atoms with E-state index in [-0.39, 0.29) is 12.0 Å². The zero-order valence-corrected chi connectivity index (χ0v) is 7.23. The maximum atomic E-state index is 13.4. The van der Waals surface area contributed by atoms with Crippen LogP contribution in [0.15, 0.2) is 0 Å². The Hall–Kier alpha value is -0.150. The van der Waals surface area contributed by atoms with E-state index in [1.807, 2.05) is 0 Å². The summed E-state index contributed by atoms with van der Waals surface area (Å²) in [7, 11) is 0. The van der Waals surface area contributed by atoms with Crippen LogP contribution in [0, 0.1) is 5.92 Å². The molecule has 2 nitrogen and oxygen atoms in total. The molecule has 1 rings (SSSR count). The minimum Gasteiger partial charge on any atom is -0.327 e. The summed E-state index contributed by atoms with van der Waals surface area (Å²) in [5.74, 6) is 0.0752. The molecular formula is C8H17FN2. The van der Waals surface area contributed by atoms with E-state index in [2.05, 4.69) is 5.32 Å². The van der Waals surface area contributed by atoms with Crippen molar-refractivity contribution < 1.29 is 4.39 Å². The number of nitrogens with one attached hydrogen (secondary N) is 1. The van der Waals surface area contributed by atoms with Crippen LogP contribution in [0.2, 0.25) is 0 Å². The van der Waals surface area contributed by atoms with Crippen LogP contribution >= 0.6 is 0 Å². The highest BCUT2D eigenvalue weighted by molar-refractivity contribution is 4.87. The minimum atomic E-state index is -1.09. The van der Waals surface area contributed by atoms with Crippen LogP contribution < -0.4 is 11.1 Å². The number of alkyl halides is 1. The molecule has 0 aliphatic carbocycles. The second-order valence-corrected chi connectivity index (χ2v) is 3.92. The van der Waals surface area contributed by atoms with Crippen LogP contribution in [0.4, 0.5) is 4.39 Å². The lowest BCUT2D eigenvalue weighted by Crippen LogP contribution is -2.49. The third-order valence-corrected chi connectivity index (χ3v) is 2.36. The quantitative estimate of drug-likeness (QED) is 0.591. The topological polar surface area (TPSA) is 38.0 Å². The van der Waals surface area contributed by atoms with E-state index >= 15 is 0 Å². The highest BCUT2D eigenvalue weighted by Crippen LogP contribution is 2.26. The lowest BCUT2D eigenvalue weighted by molar-refractivity contribution is 0.0971. The first-order valence-electron chi connectivity index (χ1n) is 4.15. The molecule has 2 atom stereocenters. The summed E-state index contributed by atoms with van der Waals surface area (Å²) in [4.78, 5) is 0. The molecule has 0 aromatic rings. The highest BCUT2D eigenvalue weighted by atomic mass is 19.1. The van der Waals surface area contributed by atoms with E-state index in [0.29, 0.717) is 0 Å². The van der Waals surface area contributed by atoms with Gasteiger partial charge in [0.1, 0.15) is 5.67 Å². The molecule has 66 valence electrons. The smallest absolute Gasteiger partial charge is 0.109 e. The van der Waals surface area contributed by atoms with Gasteiger partial charge in [0.25, 0.3) is 0 Å². The van der Waals surface area contributed by atoms with Gasteiger partial charge in [0, 0.05) is 25.0 Å². The van der Waals surface area contributed by atoms with Crippen molar-refractivity contribution in [2.75, 3.05) is 13.1 Å². The standard InChI is InChI=1S/C8H17FN2/c1-8(2,9)6-3-7(10)5-11-4-6/h6-7,11H,3-5,10H2,1-2H3. The summed E-state index contributed by atoms with van der Waals surface area (Å²) in [5, 5.41) is 3.13. The molecule has 0 amide bonds. The second-order valence-electron chi connectivity index (χ2n) is 3.92. The molecule has 2 unspecified atom stereocenters. The van der Waals surface area contributed by atoms with Gasteiger partial charge in [-0.3, -0.25) is 0 Å². The molecule has 0 saturated carbocycles. The van der Waals surface area contributed by atoms with Gasteiger partial charge in [-0.15, -0.1) is 0 Å². The Morgan fingerprint density at radius 3 is 2.45 bits per heavy atom. The zero-order valence-electron chi connectivity index (χ0n) is 7.23. The van der Waals surface area contributed by atoms with Crippen molar-refractivity contribution in [3.8, 4) is 0 Å². The third kappa shape index (κ3) is 2.42. The first-order chi connectivity index (χ1) is 5.00. The van der Waals surface area contributed by atoms with Crippen LogP contribution in [-0.2, 0) is 0 Å².